The fourth-order valence-electron chi connectivity index (χ4n) is 2.68. The second-order valence-electron chi connectivity index (χ2n) is 5.64. The van der Waals surface area contributed by atoms with Crippen LogP contribution in [-0.4, -0.2) is 31.7 Å². The summed E-state index contributed by atoms with van der Waals surface area (Å²) in [5, 5.41) is 13.5. The van der Waals surface area contributed by atoms with Crippen molar-refractivity contribution < 1.29 is 13.2 Å². The molecule has 3 rings (SSSR count). The Morgan fingerprint density at radius 2 is 2.20 bits per heavy atom. The molecule has 0 radical (unpaired) electrons. The Kier molecular flexibility index (Phi) is 4.87. The zero-order valence-electron chi connectivity index (χ0n) is 13.3. The number of benzene rings is 1. The average Bonchev–Trinajstić information content (AvgIpc) is 3.11. The van der Waals surface area contributed by atoms with Crippen LogP contribution in [0.4, 0.5) is 5.69 Å². The number of nitrogens with zero attached hydrogens (tertiary/aromatic N) is 2. The van der Waals surface area contributed by atoms with Gasteiger partial charge in [-0.2, -0.15) is 22.7 Å². The normalized spacial score (nSPS) is 22.9. The van der Waals surface area contributed by atoms with Crippen molar-refractivity contribution in [1.82, 2.24) is 9.03 Å². The number of rotatable bonds is 3. The molecule has 1 aromatic carbocycles. The maximum Gasteiger partial charge on any atom is 0.280 e. The van der Waals surface area contributed by atoms with Crippen molar-refractivity contribution in [3.05, 3.63) is 52.2 Å². The molecule has 2 N–H and O–H groups in total. The fourth-order valence-corrected chi connectivity index (χ4v) is 4.81. The first-order valence-electron chi connectivity index (χ1n) is 7.50. The van der Waals surface area contributed by atoms with E-state index < -0.39 is 28.2 Å². The maximum atomic E-state index is 12.7. The van der Waals surface area contributed by atoms with Crippen LogP contribution in [0.15, 0.2) is 41.8 Å². The van der Waals surface area contributed by atoms with Crippen LogP contribution in [0, 0.1) is 11.3 Å². The molecular formula is C16H16N4O3S2. The second kappa shape index (κ2) is 6.93. The molecule has 0 spiro atoms. The highest BCUT2D eigenvalue weighted by Gasteiger charge is 2.40. The van der Waals surface area contributed by atoms with Gasteiger partial charge in [-0.05, 0) is 36.1 Å². The van der Waals surface area contributed by atoms with Gasteiger partial charge in [-0.3, -0.25) is 4.79 Å². The van der Waals surface area contributed by atoms with Crippen LogP contribution in [0.3, 0.4) is 0 Å². The molecule has 2 aromatic rings. The van der Waals surface area contributed by atoms with Gasteiger partial charge in [0, 0.05) is 17.6 Å². The SMILES string of the molecule is CN1C(C(=O)Nc2cccc(C#N)c2)CC(c2cccs2)NS1(=O)=O. The van der Waals surface area contributed by atoms with Crippen LogP contribution >= 0.6 is 11.3 Å². The predicted molar refractivity (Wildman–Crippen MR) is 95.1 cm³/mol. The number of carbonyl (C=O) groups is 1. The molecule has 2 atom stereocenters. The first-order chi connectivity index (χ1) is 11.9. The van der Waals surface area contributed by atoms with Gasteiger partial charge in [0.2, 0.25) is 5.91 Å². The minimum Gasteiger partial charge on any atom is -0.325 e. The summed E-state index contributed by atoms with van der Waals surface area (Å²) in [6.45, 7) is 0. The number of nitriles is 1. The molecule has 1 fully saturated rings. The van der Waals surface area contributed by atoms with Gasteiger partial charge in [0.25, 0.3) is 10.2 Å². The molecule has 1 amide bonds. The fraction of sp³-hybridized carbons (Fsp3) is 0.250. The summed E-state index contributed by atoms with van der Waals surface area (Å²) < 4.78 is 28.3. The first-order valence-corrected chi connectivity index (χ1v) is 9.82. The molecule has 9 heteroatoms. The van der Waals surface area contributed by atoms with Crippen molar-refractivity contribution in [3.8, 4) is 6.07 Å². The Hall–Kier alpha value is -2.25. The third kappa shape index (κ3) is 3.72. The van der Waals surface area contributed by atoms with E-state index in [0.717, 1.165) is 9.18 Å². The van der Waals surface area contributed by atoms with E-state index in [4.69, 9.17) is 5.26 Å². The Morgan fingerprint density at radius 1 is 1.40 bits per heavy atom. The summed E-state index contributed by atoms with van der Waals surface area (Å²) in [7, 11) is -2.38. The van der Waals surface area contributed by atoms with Gasteiger partial charge in [0.05, 0.1) is 17.7 Å². The van der Waals surface area contributed by atoms with Crippen LogP contribution in [0.2, 0.25) is 0 Å². The van der Waals surface area contributed by atoms with Crippen molar-refractivity contribution in [2.75, 3.05) is 12.4 Å². The number of thiophene rings is 1. The first kappa shape index (κ1) is 17.6. The largest absolute Gasteiger partial charge is 0.325 e. The van der Waals surface area contributed by atoms with Gasteiger partial charge < -0.3 is 5.32 Å². The number of nitrogens with one attached hydrogen (secondary N) is 2. The number of carbonyl (C=O) groups excluding carboxylic acids is 1. The van der Waals surface area contributed by atoms with Gasteiger partial charge in [0.1, 0.15) is 6.04 Å². The van der Waals surface area contributed by atoms with E-state index in [0.29, 0.717) is 17.7 Å². The van der Waals surface area contributed by atoms with Gasteiger partial charge in [-0.25, -0.2) is 0 Å². The molecule has 130 valence electrons. The van der Waals surface area contributed by atoms with E-state index in [1.54, 1.807) is 24.3 Å². The van der Waals surface area contributed by atoms with Crippen molar-refractivity contribution in [3.63, 3.8) is 0 Å². The van der Waals surface area contributed by atoms with Crippen molar-refractivity contribution >= 4 is 33.1 Å². The predicted octanol–water partition coefficient (Wildman–Crippen LogP) is 1.84. The number of anilines is 1. The highest BCUT2D eigenvalue weighted by atomic mass is 32.2. The smallest absolute Gasteiger partial charge is 0.280 e. The number of hydrogen-bond donors (Lipinski definition) is 2. The van der Waals surface area contributed by atoms with Crippen LogP contribution < -0.4 is 10.0 Å². The molecule has 0 aliphatic carbocycles. The van der Waals surface area contributed by atoms with Crippen molar-refractivity contribution in [1.29, 1.82) is 5.26 Å². The minimum atomic E-state index is -3.76. The quantitative estimate of drug-likeness (QED) is 0.853. The topological polar surface area (TPSA) is 102 Å². The van der Waals surface area contributed by atoms with Gasteiger partial charge in [-0.1, -0.05) is 12.1 Å². The zero-order chi connectivity index (χ0) is 18.0. The number of hydrogen-bond acceptors (Lipinski definition) is 5. The van der Waals surface area contributed by atoms with Crippen molar-refractivity contribution in [2.45, 2.75) is 18.5 Å². The Morgan fingerprint density at radius 3 is 2.88 bits per heavy atom. The van der Waals surface area contributed by atoms with Crippen LogP contribution in [0.5, 0.6) is 0 Å². The minimum absolute atomic E-state index is 0.319. The zero-order valence-corrected chi connectivity index (χ0v) is 15.0. The summed E-state index contributed by atoms with van der Waals surface area (Å²) in [6, 6.07) is 10.9. The third-order valence-electron chi connectivity index (χ3n) is 4.02. The van der Waals surface area contributed by atoms with E-state index in [9.17, 15) is 13.2 Å². The molecule has 25 heavy (non-hydrogen) atoms. The van der Waals surface area contributed by atoms with Crippen LogP contribution in [-0.2, 0) is 15.0 Å². The second-order valence-corrected chi connectivity index (χ2v) is 8.38. The monoisotopic (exact) mass is 376 g/mol. The van der Waals surface area contributed by atoms with E-state index in [1.165, 1.54) is 18.4 Å². The molecule has 1 aliphatic heterocycles. The summed E-state index contributed by atoms with van der Waals surface area (Å²) in [6.07, 6.45) is 0.319. The number of likely N-dealkylation sites (N-methyl/N-ethyl adjacent to an activating group) is 1. The molecule has 1 aromatic heterocycles. The number of amides is 1. The van der Waals surface area contributed by atoms with E-state index in [-0.39, 0.29) is 0 Å². The summed E-state index contributed by atoms with van der Waals surface area (Å²) >= 11 is 1.44. The molecule has 1 aliphatic rings. The molecule has 0 bridgehead atoms. The lowest BCUT2D eigenvalue weighted by Gasteiger charge is -2.35. The lowest BCUT2D eigenvalue weighted by molar-refractivity contribution is -0.120. The highest BCUT2D eigenvalue weighted by Crippen LogP contribution is 2.30. The molecule has 2 heterocycles. The maximum absolute atomic E-state index is 12.7. The van der Waals surface area contributed by atoms with E-state index in [2.05, 4.69) is 10.0 Å². The lowest BCUT2D eigenvalue weighted by atomic mass is 10.1. The molecule has 0 saturated carbocycles. The van der Waals surface area contributed by atoms with E-state index in [1.807, 2.05) is 23.6 Å². The Labute approximate surface area is 150 Å². The molecular weight excluding hydrogens is 360 g/mol. The van der Waals surface area contributed by atoms with Gasteiger partial charge >= 0.3 is 0 Å². The standard InChI is InChI=1S/C16H16N4O3S2/c1-20-14(16(21)18-12-5-2-4-11(8-12)10-17)9-13(19-25(20,22)23)15-6-3-7-24-15/h2-8,13-14,19H,9H2,1H3,(H,18,21). The third-order valence-corrected chi connectivity index (χ3v) is 6.60. The summed E-state index contributed by atoms with van der Waals surface area (Å²) in [4.78, 5) is 13.5. The average molecular weight is 376 g/mol. The lowest BCUT2D eigenvalue weighted by Crippen LogP contribution is -2.55. The van der Waals surface area contributed by atoms with Gasteiger partial charge in [0.15, 0.2) is 0 Å². The van der Waals surface area contributed by atoms with Crippen LogP contribution in [0.25, 0.3) is 0 Å². The molecule has 7 nitrogen and oxygen atoms in total. The summed E-state index contributed by atoms with van der Waals surface area (Å²) in [5.74, 6) is -0.427. The Bertz CT molecular complexity index is 919. The van der Waals surface area contributed by atoms with Gasteiger partial charge in [-0.15, -0.1) is 11.3 Å². The van der Waals surface area contributed by atoms with Crippen molar-refractivity contribution in [2.24, 2.45) is 0 Å². The van der Waals surface area contributed by atoms with E-state index >= 15 is 0 Å². The highest BCUT2D eigenvalue weighted by molar-refractivity contribution is 7.87. The molecule has 2 unspecified atom stereocenters. The summed E-state index contributed by atoms with van der Waals surface area (Å²) in [5.41, 5.74) is 0.876. The van der Waals surface area contributed by atoms with Crippen LogP contribution in [0.1, 0.15) is 22.9 Å². The molecule has 1 saturated heterocycles. The Balaban J connectivity index is 1.83.